The Bertz CT molecular complexity index is 608. The molecule has 1 heterocycles. The van der Waals surface area contributed by atoms with Crippen LogP contribution in [0.15, 0.2) is 22.7 Å². The molecule has 3 nitrogen and oxygen atoms in total. The van der Waals surface area contributed by atoms with Crippen molar-refractivity contribution in [3.63, 3.8) is 0 Å². The molecule has 0 saturated heterocycles. The van der Waals surface area contributed by atoms with Crippen molar-refractivity contribution in [3.8, 4) is 11.3 Å². The Morgan fingerprint density at radius 2 is 2.06 bits per heavy atom. The number of rotatable bonds is 1. The van der Waals surface area contributed by atoms with Gasteiger partial charge in [-0.2, -0.15) is 5.10 Å². The van der Waals surface area contributed by atoms with Crippen molar-refractivity contribution in [3.05, 3.63) is 33.8 Å². The van der Waals surface area contributed by atoms with Crippen LogP contribution in [0.2, 0.25) is 0 Å². The minimum absolute atomic E-state index is 0.0228. The first kappa shape index (κ1) is 11.8. The normalized spacial score (nSPS) is 13.3. The lowest BCUT2D eigenvalue weighted by atomic mass is 10.1. The van der Waals surface area contributed by atoms with Crippen LogP contribution < -0.4 is 5.32 Å². The Labute approximate surface area is 115 Å². The fraction of sp³-hybridized carbons (Fsp3) is 0.357. The van der Waals surface area contributed by atoms with Crippen molar-refractivity contribution in [1.82, 2.24) is 10.2 Å². The molecule has 3 rings (SSSR count). The van der Waals surface area contributed by atoms with E-state index in [1.807, 2.05) is 0 Å². The van der Waals surface area contributed by atoms with E-state index in [1.165, 1.54) is 21.2 Å². The fourth-order valence-corrected chi connectivity index (χ4v) is 2.87. The number of nitrogens with zero attached hydrogens (tertiary/aromatic N) is 1. The van der Waals surface area contributed by atoms with Crippen molar-refractivity contribution in [1.29, 1.82) is 0 Å². The molecular weight excluding hydrogens is 290 g/mol. The molecule has 1 aromatic heterocycles. The van der Waals surface area contributed by atoms with Gasteiger partial charge in [0.15, 0.2) is 5.82 Å². The molecule has 0 atom stereocenters. The monoisotopic (exact) mass is 305 g/mol. The van der Waals surface area contributed by atoms with Gasteiger partial charge in [-0.1, -0.05) is 28.1 Å². The summed E-state index contributed by atoms with van der Waals surface area (Å²) in [5.41, 5.74) is 5.05. The summed E-state index contributed by atoms with van der Waals surface area (Å²) in [4.78, 5) is 0. The summed E-state index contributed by atoms with van der Waals surface area (Å²) in [5, 5.41) is 11.0. The zero-order valence-corrected chi connectivity index (χ0v) is 12.4. The first-order chi connectivity index (χ1) is 8.46. The number of H-pyrrole nitrogens is 1. The van der Waals surface area contributed by atoms with E-state index in [4.69, 9.17) is 0 Å². The second-order valence-electron chi connectivity index (χ2n) is 5.74. The molecule has 0 bridgehead atoms. The Kier molecular flexibility index (Phi) is 2.52. The van der Waals surface area contributed by atoms with Gasteiger partial charge >= 0.3 is 0 Å². The molecule has 4 heteroatoms. The van der Waals surface area contributed by atoms with Crippen LogP contribution in [0.3, 0.4) is 0 Å². The Balaban J connectivity index is 2.05. The molecule has 94 valence electrons. The summed E-state index contributed by atoms with van der Waals surface area (Å²) in [6.07, 6.45) is 0.932. The third-order valence-electron chi connectivity index (χ3n) is 3.10. The van der Waals surface area contributed by atoms with Gasteiger partial charge in [-0.05, 0) is 32.4 Å². The second kappa shape index (κ2) is 3.85. The van der Waals surface area contributed by atoms with Crippen LogP contribution in [-0.2, 0) is 6.42 Å². The number of hydrogen-bond donors (Lipinski definition) is 2. The predicted octanol–water partition coefficient (Wildman–Crippen LogP) is 3.95. The molecule has 0 fully saturated rings. The maximum Gasteiger partial charge on any atom is 0.152 e. The zero-order valence-electron chi connectivity index (χ0n) is 10.8. The molecule has 1 aromatic carbocycles. The average Bonchev–Trinajstić information content (AvgIpc) is 2.78. The molecule has 1 aliphatic carbocycles. The highest BCUT2D eigenvalue weighted by Crippen LogP contribution is 2.41. The lowest BCUT2D eigenvalue weighted by Crippen LogP contribution is -2.26. The Morgan fingerprint density at radius 3 is 2.78 bits per heavy atom. The van der Waals surface area contributed by atoms with E-state index in [0.29, 0.717) is 0 Å². The molecular formula is C14H16BrN3. The van der Waals surface area contributed by atoms with Gasteiger partial charge in [-0.25, -0.2) is 0 Å². The number of hydrogen-bond acceptors (Lipinski definition) is 2. The number of aromatic nitrogens is 2. The SMILES string of the molecule is CC(C)(C)Nc1n[nH]c2c1Cc1c(Br)cccc1-2. The van der Waals surface area contributed by atoms with E-state index in [1.54, 1.807) is 0 Å². The van der Waals surface area contributed by atoms with Crippen LogP contribution in [0.25, 0.3) is 11.3 Å². The highest BCUT2D eigenvalue weighted by atomic mass is 79.9. The molecule has 0 spiro atoms. The second-order valence-corrected chi connectivity index (χ2v) is 6.60. The van der Waals surface area contributed by atoms with Gasteiger partial charge in [-0.3, -0.25) is 5.10 Å². The number of halogens is 1. The van der Waals surface area contributed by atoms with E-state index in [9.17, 15) is 0 Å². The van der Waals surface area contributed by atoms with Crippen molar-refractivity contribution in [2.45, 2.75) is 32.7 Å². The van der Waals surface area contributed by atoms with Crippen LogP contribution in [0.5, 0.6) is 0 Å². The number of nitrogens with one attached hydrogen (secondary N) is 2. The van der Waals surface area contributed by atoms with E-state index in [2.05, 4.69) is 70.4 Å². The number of benzene rings is 1. The van der Waals surface area contributed by atoms with E-state index < -0.39 is 0 Å². The summed E-state index contributed by atoms with van der Waals surface area (Å²) >= 11 is 3.62. The Hall–Kier alpha value is -1.29. The van der Waals surface area contributed by atoms with Crippen molar-refractivity contribution in [2.24, 2.45) is 0 Å². The lowest BCUT2D eigenvalue weighted by molar-refractivity contribution is 0.629. The topological polar surface area (TPSA) is 40.7 Å². The largest absolute Gasteiger partial charge is 0.364 e. The maximum atomic E-state index is 4.40. The molecule has 0 saturated carbocycles. The predicted molar refractivity (Wildman–Crippen MR) is 77.9 cm³/mol. The van der Waals surface area contributed by atoms with Gasteiger partial charge in [0.05, 0.1) is 5.69 Å². The van der Waals surface area contributed by atoms with Crippen LogP contribution >= 0.6 is 15.9 Å². The van der Waals surface area contributed by atoms with Crippen LogP contribution in [0.4, 0.5) is 5.82 Å². The number of anilines is 1. The van der Waals surface area contributed by atoms with Crippen molar-refractivity contribution >= 4 is 21.7 Å². The number of fused-ring (bicyclic) bond motifs is 3. The average molecular weight is 306 g/mol. The highest BCUT2D eigenvalue weighted by molar-refractivity contribution is 9.10. The van der Waals surface area contributed by atoms with Crippen molar-refractivity contribution in [2.75, 3.05) is 5.32 Å². The van der Waals surface area contributed by atoms with Crippen LogP contribution in [0, 0.1) is 0 Å². The summed E-state index contributed by atoms with van der Waals surface area (Å²) in [7, 11) is 0. The van der Waals surface area contributed by atoms with E-state index in [0.717, 1.165) is 17.9 Å². The standard InChI is InChI=1S/C14H16BrN3/c1-14(2,3)16-13-10-7-9-8(12(10)17-18-13)5-4-6-11(9)15/h4-6H,7H2,1-3H3,(H2,16,17,18). The highest BCUT2D eigenvalue weighted by Gasteiger charge is 2.27. The summed E-state index contributed by atoms with van der Waals surface area (Å²) in [5.74, 6) is 0.973. The van der Waals surface area contributed by atoms with Gasteiger partial charge in [0.25, 0.3) is 0 Å². The lowest BCUT2D eigenvalue weighted by Gasteiger charge is -2.20. The van der Waals surface area contributed by atoms with Gasteiger partial charge < -0.3 is 5.32 Å². The molecule has 1 aliphatic rings. The summed E-state index contributed by atoms with van der Waals surface area (Å²) in [6, 6.07) is 6.30. The first-order valence-electron chi connectivity index (χ1n) is 6.09. The van der Waals surface area contributed by atoms with Crippen LogP contribution in [-0.4, -0.2) is 15.7 Å². The van der Waals surface area contributed by atoms with Gasteiger partial charge in [0.1, 0.15) is 0 Å². The van der Waals surface area contributed by atoms with Gasteiger partial charge in [-0.15, -0.1) is 0 Å². The first-order valence-corrected chi connectivity index (χ1v) is 6.88. The number of aromatic amines is 1. The molecule has 0 radical (unpaired) electrons. The quantitative estimate of drug-likeness (QED) is 0.714. The fourth-order valence-electron chi connectivity index (χ4n) is 2.37. The zero-order chi connectivity index (χ0) is 12.9. The molecule has 0 unspecified atom stereocenters. The van der Waals surface area contributed by atoms with E-state index in [-0.39, 0.29) is 5.54 Å². The van der Waals surface area contributed by atoms with E-state index >= 15 is 0 Å². The third kappa shape index (κ3) is 1.85. The minimum atomic E-state index is 0.0228. The molecule has 0 amide bonds. The molecule has 2 aromatic rings. The molecule has 18 heavy (non-hydrogen) atoms. The maximum absolute atomic E-state index is 4.40. The summed E-state index contributed by atoms with van der Waals surface area (Å²) < 4.78 is 1.17. The van der Waals surface area contributed by atoms with Gasteiger partial charge in [0.2, 0.25) is 0 Å². The van der Waals surface area contributed by atoms with Crippen LogP contribution in [0.1, 0.15) is 31.9 Å². The minimum Gasteiger partial charge on any atom is -0.364 e. The third-order valence-corrected chi connectivity index (χ3v) is 3.85. The molecule has 2 N–H and O–H groups in total. The molecule has 0 aliphatic heterocycles. The summed E-state index contributed by atoms with van der Waals surface area (Å²) in [6.45, 7) is 6.43. The smallest absolute Gasteiger partial charge is 0.152 e. The van der Waals surface area contributed by atoms with Gasteiger partial charge in [0, 0.05) is 27.6 Å². The Morgan fingerprint density at radius 1 is 1.28 bits per heavy atom. The van der Waals surface area contributed by atoms with Crippen molar-refractivity contribution < 1.29 is 0 Å².